The summed E-state index contributed by atoms with van der Waals surface area (Å²) in [6.07, 6.45) is 0. The van der Waals surface area contributed by atoms with Crippen molar-refractivity contribution in [1.82, 2.24) is 4.98 Å². The fourth-order valence-electron chi connectivity index (χ4n) is 2.60. The Labute approximate surface area is 166 Å². The third-order valence-electron chi connectivity index (χ3n) is 4.08. The lowest BCUT2D eigenvalue weighted by atomic mass is 10.1. The summed E-state index contributed by atoms with van der Waals surface area (Å²) in [5.74, 6) is 1.21. The van der Waals surface area contributed by atoms with Gasteiger partial charge in [0, 0.05) is 10.9 Å². The number of carbonyl (C=O) groups excluding carboxylic acids is 1. The Balaban J connectivity index is 1.38. The maximum atomic E-state index is 12.4. The van der Waals surface area contributed by atoms with Gasteiger partial charge in [0.25, 0.3) is 5.91 Å². The number of hydrogen-bond donors (Lipinski definition) is 1. The number of ether oxygens (including phenoxy) is 1. The van der Waals surface area contributed by atoms with Crippen molar-refractivity contribution in [3.05, 3.63) is 89.2 Å². The lowest BCUT2D eigenvalue weighted by Gasteiger charge is -2.03. The van der Waals surface area contributed by atoms with Crippen LogP contribution in [0.25, 0.3) is 11.3 Å². The van der Waals surface area contributed by atoms with Gasteiger partial charge in [-0.15, -0.1) is 11.3 Å². The highest BCUT2D eigenvalue weighted by Crippen LogP contribution is 2.25. The number of thiazole rings is 1. The molecule has 2 aromatic heterocycles. The number of carbonyl (C=O) groups is 1. The van der Waals surface area contributed by atoms with Crippen molar-refractivity contribution in [2.45, 2.75) is 13.5 Å². The topological polar surface area (TPSA) is 64.4 Å². The third kappa shape index (κ3) is 4.29. The maximum Gasteiger partial charge on any atom is 0.293 e. The van der Waals surface area contributed by atoms with E-state index in [1.807, 2.05) is 66.9 Å². The highest BCUT2D eigenvalue weighted by Gasteiger charge is 2.14. The van der Waals surface area contributed by atoms with Gasteiger partial charge in [-0.2, -0.15) is 0 Å². The molecule has 0 aliphatic carbocycles. The van der Waals surface area contributed by atoms with Crippen LogP contribution in [0.3, 0.4) is 0 Å². The van der Waals surface area contributed by atoms with E-state index in [1.54, 1.807) is 12.1 Å². The summed E-state index contributed by atoms with van der Waals surface area (Å²) in [6, 6.07) is 20.9. The van der Waals surface area contributed by atoms with Gasteiger partial charge in [-0.1, -0.05) is 48.0 Å². The molecule has 4 rings (SSSR count). The fourth-order valence-corrected chi connectivity index (χ4v) is 3.31. The van der Waals surface area contributed by atoms with Crippen molar-refractivity contribution in [2.24, 2.45) is 0 Å². The monoisotopic (exact) mass is 390 g/mol. The van der Waals surface area contributed by atoms with Crippen molar-refractivity contribution in [2.75, 3.05) is 5.32 Å². The largest absolute Gasteiger partial charge is 0.486 e. The summed E-state index contributed by atoms with van der Waals surface area (Å²) >= 11 is 1.38. The van der Waals surface area contributed by atoms with Gasteiger partial charge in [0.2, 0.25) is 0 Å². The van der Waals surface area contributed by atoms with Crippen molar-refractivity contribution in [3.63, 3.8) is 0 Å². The molecule has 5 nitrogen and oxygen atoms in total. The van der Waals surface area contributed by atoms with Crippen LogP contribution in [0.1, 0.15) is 21.9 Å². The number of para-hydroxylation sites is 1. The molecule has 0 fully saturated rings. The molecule has 0 bridgehead atoms. The van der Waals surface area contributed by atoms with Crippen LogP contribution >= 0.6 is 11.3 Å². The molecule has 0 aliphatic rings. The normalized spacial score (nSPS) is 10.6. The number of hydrogen-bond acceptors (Lipinski definition) is 5. The van der Waals surface area contributed by atoms with Gasteiger partial charge in [0.15, 0.2) is 10.9 Å². The second-order valence-electron chi connectivity index (χ2n) is 6.23. The molecule has 2 heterocycles. The second-order valence-corrected chi connectivity index (χ2v) is 7.08. The van der Waals surface area contributed by atoms with E-state index in [0.717, 1.165) is 17.0 Å². The molecule has 0 spiro atoms. The highest BCUT2D eigenvalue weighted by atomic mass is 32.1. The summed E-state index contributed by atoms with van der Waals surface area (Å²) in [5, 5.41) is 5.23. The van der Waals surface area contributed by atoms with Crippen molar-refractivity contribution in [1.29, 1.82) is 0 Å². The van der Waals surface area contributed by atoms with Gasteiger partial charge in [-0.3, -0.25) is 10.1 Å². The number of anilines is 1. The second kappa shape index (κ2) is 8.10. The molecule has 28 heavy (non-hydrogen) atoms. The summed E-state index contributed by atoms with van der Waals surface area (Å²) in [6.45, 7) is 2.30. The Morgan fingerprint density at radius 1 is 1.07 bits per heavy atom. The molecule has 4 aromatic rings. The first-order valence-corrected chi connectivity index (χ1v) is 9.66. The first-order valence-electron chi connectivity index (χ1n) is 8.78. The number of nitrogens with zero attached hydrogens (tertiary/aromatic N) is 1. The molecule has 0 aliphatic heterocycles. The summed E-state index contributed by atoms with van der Waals surface area (Å²) < 4.78 is 11.2. The van der Waals surface area contributed by atoms with Gasteiger partial charge >= 0.3 is 0 Å². The van der Waals surface area contributed by atoms with E-state index >= 15 is 0 Å². The zero-order valence-corrected chi connectivity index (χ0v) is 16.0. The van der Waals surface area contributed by atoms with Crippen molar-refractivity contribution in [3.8, 4) is 17.0 Å². The van der Waals surface area contributed by atoms with Crippen LogP contribution in [-0.4, -0.2) is 10.9 Å². The molecular formula is C22H18N2O3S. The zero-order valence-electron chi connectivity index (χ0n) is 15.2. The van der Waals surface area contributed by atoms with E-state index in [2.05, 4.69) is 10.3 Å². The Bertz CT molecular complexity index is 1070. The molecule has 0 radical (unpaired) electrons. The van der Waals surface area contributed by atoms with Crippen molar-refractivity contribution < 1.29 is 13.9 Å². The van der Waals surface area contributed by atoms with E-state index in [-0.39, 0.29) is 18.3 Å². The average molecular weight is 390 g/mol. The number of furan rings is 1. The minimum Gasteiger partial charge on any atom is -0.486 e. The molecule has 0 saturated heterocycles. The molecule has 0 saturated carbocycles. The lowest BCUT2D eigenvalue weighted by molar-refractivity contribution is 0.0992. The van der Waals surface area contributed by atoms with Gasteiger partial charge < -0.3 is 9.15 Å². The van der Waals surface area contributed by atoms with E-state index in [4.69, 9.17) is 9.15 Å². The van der Waals surface area contributed by atoms with E-state index in [0.29, 0.717) is 10.9 Å². The quantitative estimate of drug-likeness (QED) is 0.469. The van der Waals surface area contributed by atoms with Crippen LogP contribution in [-0.2, 0) is 6.61 Å². The van der Waals surface area contributed by atoms with E-state index < -0.39 is 0 Å². The number of nitrogens with one attached hydrogen (secondary N) is 1. The number of aryl methyl sites for hydroxylation is 1. The molecule has 2 aromatic carbocycles. The Kier molecular flexibility index (Phi) is 5.21. The van der Waals surface area contributed by atoms with Gasteiger partial charge in [0.05, 0.1) is 5.69 Å². The van der Waals surface area contributed by atoms with Gasteiger partial charge in [-0.05, 0) is 31.2 Å². The molecule has 6 heteroatoms. The minimum atomic E-state index is -0.337. The average Bonchev–Trinajstić information content (AvgIpc) is 3.38. The molecule has 140 valence electrons. The summed E-state index contributed by atoms with van der Waals surface area (Å²) in [5.41, 5.74) is 3.04. The Morgan fingerprint density at radius 2 is 1.86 bits per heavy atom. The number of benzene rings is 2. The van der Waals surface area contributed by atoms with Crippen LogP contribution in [0.2, 0.25) is 0 Å². The SMILES string of the molecule is Cc1ccc(-c2csc(NC(=O)c3ccc(COc4ccccc4)o3)n2)cc1. The van der Waals surface area contributed by atoms with Crippen LogP contribution < -0.4 is 10.1 Å². The third-order valence-corrected chi connectivity index (χ3v) is 4.84. The number of rotatable bonds is 6. The minimum absolute atomic E-state index is 0.221. The summed E-state index contributed by atoms with van der Waals surface area (Å²) in [7, 11) is 0. The van der Waals surface area contributed by atoms with E-state index in [9.17, 15) is 4.79 Å². The van der Waals surface area contributed by atoms with Crippen LogP contribution in [0.5, 0.6) is 5.75 Å². The molecule has 0 atom stereocenters. The van der Waals surface area contributed by atoms with Gasteiger partial charge in [-0.25, -0.2) is 4.98 Å². The Hall–Kier alpha value is -3.38. The van der Waals surface area contributed by atoms with Crippen LogP contribution in [0.15, 0.2) is 76.5 Å². The standard InChI is InChI=1S/C22H18N2O3S/c1-15-7-9-16(10-8-15)19-14-28-22(23-19)24-21(25)20-12-11-18(27-20)13-26-17-5-3-2-4-6-17/h2-12,14H,13H2,1H3,(H,23,24,25). The number of amides is 1. The van der Waals surface area contributed by atoms with Crippen LogP contribution in [0.4, 0.5) is 5.13 Å². The molecule has 1 amide bonds. The highest BCUT2D eigenvalue weighted by molar-refractivity contribution is 7.14. The first-order chi connectivity index (χ1) is 13.7. The maximum absolute atomic E-state index is 12.4. The van der Waals surface area contributed by atoms with Crippen LogP contribution in [0, 0.1) is 6.92 Å². The molecule has 1 N–H and O–H groups in total. The zero-order chi connectivity index (χ0) is 19.3. The van der Waals surface area contributed by atoms with E-state index in [1.165, 1.54) is 16.9 Å². The fraction of sp³-hybridized carbons (Fsp3) is 0.0909. The van der Waals surface area contributed by atoms with Gasteiger partial charge in [0.1, 0.15) is 18.1 Å². The first kappa shape index (κ1) is 18.0. The predicted octanol–water partition coefficient (Wildman–Crippen LogP) is 5.54. The predicted molar refractivity (Wildman–Crippen MR) is 110 cm³/mol. The van der Waals surface area contributed by atoms with Crippen molar-refractivity contribution >= 4 is 22.4 Å². The molecule has 0 unspecified atom stereocenters. The smallest absolute Gasteiger partial charge is 0.293 e. The summed E-state index contributed by atoms with van der Waals surface area (Å²) in [4.78, 5) is 16.9. The Morgan fingerprint density at radius 3 is 2.64 bits per heavy atom. The number of aromatic nitrogens is 1. The lowest BCUT2D eigenvalue weighted by Crippen LogP contribution is -2.10. The molecular weight excluding hydrogens is 372 g/mol.